The molecular weight excluding hydrogens is 318 g/mol. The fraction of sp³-hybridized carbons (Fsp3) is 0.222. The molecule has 1 aromatic carbocycles. The largest absolute Gasteiger partial charge is 0.366 e. The highest BCUT2D eigenvalue weighted by molar-refractivity contribution is 6.07. The van der Waals surface area contributed by atoms with E-state index in [2.05, 4.69) is 36.2 Å². The average molecular weight is 337 g/mol. The second-order valence-electron chi connectivity index (χ2n) is 6.76. The summed E-state index contributed by atoms with van der Waals surface area (Å²) < 4.78 is 1.58. The zero-order valence-electron chi connectivity index (χ0n) is 14.3. The van der Waals surface area contributed by atoms with E-state index in [1.165, 1.54) is 0 Å². The maximum atomic E-state index is 12.5. The van der Waals surface area contributed by atoms with Gasteiger partial charge in [-0.25, -0.2) is 9.50 Å². The quantitative estimate of drug-likeness (QED) is 0.766. The van der Waals surface area contributed by atoms with Gasteiger partial charge in [-0.15, -0.1) is 0 Å². The van der Waals surface area contributed by atoms with Gasteiger partial charge in [0.1, 0.15) is 5.69 Å². The van der Waals surface area contributed by atoms with Gasteiger partial charge in [-0.05, 0) is 24.3 Å². The topological polar surface area (TPSA) is 102 Å². The summed E-state index contributed by atoms with van der Waals surface area (Å²) in [6.07, 6.45) is 1.81. The van der Waals surface area contributed by atoms with Gasteiger partial charge < -0.3 is 11.1 Å². The van der Waals surface area contributed by atoms with Crippen molar-refractivity contribution in [1.29, 1.82) is 0 Å². The van der Waals surface area contributed by atoms with Crippen LogP contribution in [0.5, 0.6) is 0 Å². The molecule has 25 heavy (non-hydrogen) atoms. The molecule has 2 heterocycles. The highest BCUT2D eigenvalue weighted by atomic mass is 16.2. The molecule has 0 aliphatic carbocycles. The van der Waals surface area contributed by atoms with Gasteiger partial charge in [0.2, 0.25) is 0 Å². The van der Waals surface area contributed by atoms with Gasteiger partial charge >= 0.3 is 0 Å². The van der Waals surface area contributed by atoms with Crippen LogP contribution in [0.15, 0.2) is 42.6 Å². The number of para-hydroxylation sites is 1. The lowest BCUT2D eigenvalue weighted by molar-refractivity contribution is 0.100. The fourth-order valence-electron chi connectivity index (χ4n) is 2.36. The van der Waals surface area contributed by atoms with Gasteiger partial charge in [0.05, 0.1) is 23.1 Å². The number of hydrogen-bond donors (Lipinski definition) is 2. The molecule has 2 amide bonds. The number of amides is 2. The third-order valence-corrected chi connectivity index (χ3v) is 3.76. The van der Waals surface area contributed by atoms with Crippen LogP contribution in [0.25, 0.3) is 5.65 Å². The summed E-state index contributed by atoms with van der Waals surface area (Å²) in [7, 11) is 0. The van der Waals surface area contributed by atoms with E-state index in [9.17, 15) is 9.59 Å². The molecule has 0 fully saturated rings. The zero-order chi connectivity index (χ0) is 18.2. The first kappa shape index (κ1) is 16.6. The lowest BCUT2D eigenvalue weighted by Gasteiger charge is -2.13. The number of nitrogens with two attached hydrogens (primary N) is 1. The third kappa shape index (κ3) is 3.35. The molecule has 0 spiro atoms. The Labute approximate surface area is 144 Å². The Morgan fingerprint density at radius 3 is 2.52 bits per heavy atom. The number of fused-ring (bicyclic) bond motifs is 1. The van der Waals surface area contributed by atoms with Crippen molar-refractivity contribution in [3.8, 4) is 0 Å². The van der Waals surface area contributed by atoms with Crippen molar-refractivity contribution in [1.82, 2.24) is 14.6 Å². The van der Waals surface area contributed by atoms with Crippen LogP contribution in [0.4, 0.5) is 5.69 Å². The lowest BCUT2D eigenvalue weighted by atomic mass is 9.93. The second-order valence-corrected chi connectivity index (χ2v) is 6.76. The fourth-order valence-corrected chi connectivity index (χ4v) is 2.36. The van der Waals surface area contributed by atoms with Gasteiger partial charge in [-0.1, -0.05) is 32.9 Å². The molecule has 7 heteroatoms. The highest BCUT2D eigenvalue weighted by Crippen LogP contribution is 2.21. The number of hydrogen-bond acceptors (Lipinski definition) is 4. The Morgan fingerprint density at radius 1 is 1.12 bits per heavy atom. The summed E-state index contributed by atoms with van der Waals surface area (Å²) in [5, 5.41) is 6.98. The first-order chi connectivity index (χ1) is 11.8. The molecule has 0 aliphatic rings. The van der Waals surface area contributed by atoms with Crippen LogP contribution in [0.3, 0.4) is 0 Å². The standard InChI is InChI=1S/C18H19N5O2/c1-18(2,3)14-10-23-15(21-14)9-8-13(22-23)17(25)20-12-7-5-4-6-11(12)16(19)24/h4-10H,1-3H3,(H2,19,24)(H,20,25). The minimum atomic E-state index is -0.608. The molecule has 7 nitrogen and oxygen atoms in total. The first-order valence-electron chi connectivity index (χ1n) is 7.83. The van der Waals surface area contributed by atoms with E-state index in [-0.39, 0.29) is 16.7 Å². The van der Waals surface area contributed by atoms with Gasteiger partial charge in [0, 0.05) is 5.41 Å². The summed E-state index contributed by atoms with van der Waals surface area (Å²) >= 11 is 0. The Balaban J connectivity index is 1.91. The van der Waals surface area contributed by atoms with E-state index in [4.69, 9.17) is 5.73 Å². The van der Waals surface area contributed by atoms with E-state index in [1.807, 2.05) is 6.20 Å². The van der Waals surface area contributed by atoms with Crippen molar-refractivity contribution in [2.45, 2.75) is 26.2 Å². The average Bonchev–Trinajstić information content (AvgIpc) is 2.98. The number of rotatable bonds is 3. The predicted molar refractivity (Wildman–Crippen MR) is 94.6 cm³/mol. The SMILES string of the molecule is CC(C)(C)c1cn2nc(C(=O)Nc3ccccc3C(N)=O)ccc2n1. The van der Waals surface area contributed by atoms with Crippen LogP contribution in [0, 0.1) is 0 Å². The Morgan fingerprint density at radius 2 is 1.84 bits per heavy atom. The third-order valence-electron chi connectivity index (χ3n) is 3.76. The molecule has 0 atom stereocenters. The number of aromatic nitrogens is 3. The first-order valence-corrected chi connectivity index (χ1v) is 7.83. The van der Waals surface area contributed by atoms with Crippen LogP contribution in [-0.4, -0.2) is 26.4 Å². The summed E-state index contributed by atoms with van der Waals surface area (Å²) in [4.78, 5) is 28.4. The molecule has 0 saturated heterocycles. The molecule has 0 unspecified atom stereocenters. The van der Waals surface area contributed by atoms with Crippen LogP contribution >= 0.6 is 0 Å². The summed E-state index contributed by atoms with van der Waals surface area (Å²) in [6.45, 7) is 6.18. The number of carbonyl (C=O) groups is 2. The lowest BCUT2D eigenvalue weighted by Crippen LogP contribution is -2.19. The smallest absolute Gasteiger partial charge is 0.276 e. The maximum absolute atomic E-state index is 12.5. The minimum Gasteiger partial charge on any atom is -0.366 e. The predicted octanol–water partition coefficient (Wildman–Crippen LogP) is 2.38. The molecule has 0 bridgehead atoms. The normalized spacial score (nSPS) is 11.5. The minimum absolute atomic E-state index is 0.115. The van der Waals surface area contributed by atoms with Crippen LogP contribution in [0.2, 0.25) is 0 Å². The Hall–Kier alpha value is -3.22. The van der Waals surface area contributed by atoms with E-state index < -0.39 is 11.8 Å². The van der Waals surface area contributed by atoms with E-state index in [0.717, 1.165) is 5.69 Å². The molecular formula is C18H19N5O2. The summed E-state index contributed by atoms with van der Waals surface area (Å²) in [6, 6.07) is 9.89. The molecule has 0 aliphatic heterocycles. The number of primary amides is 1. The number of imidazole rings is 1. The highest BCUT2D eigenvalue weighted by Gasteiger charge is 2.19. The Kier molecular flexibility index (Phi) is 4.00. The van der Waals surface area contributed by atoms with E-state index in [0.29, 0.717) is 11.3 Å². The van der Waals surface area contributed by atoms with E-state index in [1.54, 1.807) is 40.9 Å². The van der Waals surface area contributed by atoms with Crippen molar-refractivity contribution in [3.05, 3.63) is 59.5 Å². The Bertz CT molecular complexity index is 969. The van der Waals surface area contributed by atoms with E-state index >= 15 is 0 Å². The summed E-state index contributed by atoms with van der Waals surface area (Å²) in [5.74, 6) is -1.04. The molecule has 128 valence electrons. The summed E-state index contributed by atoms with van der Waals surface area (Å²) in [5.41, 5.74) is 7.57. The number of carbonyl (C=O) groups excluding carboxylic acids is 2. The van der Waals surface area contributed by atoms with Crippen molar-refractivity contribution < 1.29 is 9.59 Å². The molecule has 3 N–H and O–H groups in total. The van der Waals surface area contributed by atoms with Crippen molar-refractivity contribution in [2.24, 2.45) is 5.73 Å². The van der Waals surface area contributed by atoms with Crippen molar-refractivity contribution >= 4 is 23.1 Å². The molecule has 3 aromatic rings. The van der Waals surface area contributed by atoms with Gasteiger partial charge in [0.15, 0.2) is 5.65 Å². The van der Waals surface area contributed by atoms with Gasteiger partial charge in [0.25, 0.3) is 11.8 Å². The zero-order valence-corrected chi connectivity index (χ0v) is 14.3. The molecule has 3 rings (SSSR count). The maximum Gasteiger partial charge on any atom is 0.276 e. The number of anilines is 1. The van der Waals surface area contributed by atoms with Crippen molar-refractivity contribution in [2.75, 3.05) is 5.32 Å². The monoisotopic (exact) mass is 337 g/mol. The van der Waals surface area contributed by atoms with Crippen LogP contribution in [-0.2, 0) is 5.41 Å². The number of nitrogens with one attached hydrogen (secondary N) is 1. The number of benzene rings is 1. The van der Waals surface area contributed by atoms with Crippen molar-refractivity contribution in [3.63, 3.8) is 0 Å². The second kappa shape index (κ2) is 6.01. The number of nitrogens with zero attached hydrogens (tertiary/aromatic N) is 3. The van der Waals surface area contributed by atoms with Gasteiger partial charge in [-0.2, -0.15) is 5.10 Å². The van der Waals surface area contributed by atoms with Gasteiger partial charge in [-0.3, -0.25) is 9.59 Å². The molecule has 2 aromatic heterocycles. The molecule has 0 saturated carbocycles. The van der Waals surface area contributed by atoms with Crippen LogP contribution in [0.1, 0.15) is 47.3 Å². The van der Waals surface area contributed by atoms with Crippen LogP contribution < -0.4 is 11.1 Å². The molecule has 0 radical (unpaired) electrons.